The highest BCUT2D eigenvalue weighted by Crippen LogP contribution is 2.41. The highest BCUT2D eigenvalue weighted by Gasteiger charge is 2.37. The number of ether oxygens (including phenoxy) is 4. The number of rotatable bonds is 6. The van der Waals surface area contributed by atoms with Crippen molar-refractivity contribution in [3.8, 4) is 23.0 Å². The first kappa shape index (κ1) is 76.1. The van der Waals surface area contributed by atoms with Crippen molar-refractivity contribution in [1.82, 2.24) is 0 Å². The van der Waals surface area contributed by atoms with Gasteiger partial charge in [0, 0.05) is 94.1 Å². The summed E-state index contributed by atoms with van der Waals surface area (Å²) in [4.78, 5) is -1.45. The minimum atomic E-state index is -4.56. The van der Waals surface area contributed by atoms with Crippen LogP contribution in [0.1, 0.15) is 34.2 Å². The highest BCUT2D eigenvalue weighted by atomic mass is 35.8. The molecule has 0 N–H and O–H groups in total. The Morgan fingerprint density at radius 3 is 1.16 bits per heavy atom. The Balaban J connectivity index is 0.000000183. The summed E-state index contributed by atoms with van der Waals surface area (Å²) in [6, 6.07) is 14.7. The van der Waals surface area contributed by atoms with Gasteiger partial charge in [0.2, 0.25) is 49.0 Å². The number of halogens is 13. The Kier molecular flexibility index (Phi) is 25.5. The number of hydrogen-bond donors (Lipinski definition) is 0. The lowest BCUT2D eigenvalue weighted by Gasteiger charge is -2.19. The van der Waals surface area contributed by atoms with E-state index in [9.17, 15) is 81.2 Å². The molecule has 12 rings (SSSR count). The first-order valence-corrected chi connectivity index (χ1v) is 43.4. The van der Waals surface area contributed by atoms with Crippen molar-refractivity contribution < 1.29 is 105 Å². The van der Waals surface area contributed by atoms with Crippen LogP contribution in [0, 0.1) is 46.5 Å². The third-order valence-corrected chi connectivity index (χ3v) is 19.9. The molecule has 0 saturated carbocycles. The second-order valence-electron chi connectivity index (χ2n) is 19.9. The van der Waals surface area contributed by atoms with E-state index in [0.717, 1.165) is 105 Å². The molecule has 0 radical (unpaired) electrons. The quantitative estimate of drug-likeness (QED) is 0.0854. The molecule has 0 amide bonds. The van der Waals surface area contributed by atoms with E-state index < -0.39 is 115 Å². The van der Waals surface area contributed by atoms with Gasteiger partial charge in [-0.05, 0) is 92.1 Å². The SMILES string of the molecule is CS(=O)(=O)Cl.CS(=O)(=O)N1CCc2c(F)cc(F)cc21.CS(=O)(=O)N1CCc2c(F)cc(F)cc21.CS(=O)(=O)N1CCc2c1cc(F)c(S(=O)(=O)c1ccc3c(c1)OCCO3)c2F.Fc1cc(F)c2c(c1)CCC2.O=S(=O)(Cl)c1ccc2c(c1)OCCO2.[Cl][Al]([Cl])[Cl]. The molecular formula is C53H51AlCl5F8N3O16S6. The normalized spacial score (nSPS) is 15.0. The Morgan fingerprint density at radius 2 is 0.761 bits per heavy atom. The van der Waals surface area contributed by atoms with E-state index in [2.05, 4.69) is 10.7 Å². The maximum absolute atomic E-state index is 15.0. The molecule has 0 saturated heterocycles. The molecule has 6 aromatic carbocycles. The number of fused-ring (bicyclic) bond motifs is 6. The molecule has 0 unspecified atom stereocenters. The molecule has 0 fully saturated rings. The van der Waals surface area contributed by atoms with Crippen LogP contribution >= 0.6 is 51.5 Å². The van der Waals surface area contributed by atoms with E-state index >= 15 is 4.39 Å². The Labute approximate surface area is 551 Å². The Hall–Kier alpha value is -4.96. The lowest BCUT2D eigenvalue weighted by molar-refractivity contribution is 0.171. The van der Waals surface area contributed by atoms with Crippen molar-refractivity contribution in [2.45, 2.75) is 53.2 Å². The van der Waals surface area contributed by atoms with Crippen LogP contribution in [0.4, 0.5) is 52.2 Å². The van der Waals surface area contributed by atoms with Crippen LogP contribution in [-0.2, 0) is 90.1 Å². The summed E-state index contributed by atoms with van der Waals surface area (Å²) in [5, 5.41) is 0. The molecule has 1 aliphatic carbocycles. The van der Waals surface area contributed by atoms with Gasteiger partial charge < -0.3 is 18.9 Å². The van der Waals surface area contributed by atoms with Crippen LogP contribution in [0.15, 0.2) is 93.5 Å². The van der Waals surface area contributed by atoms with E-state index in [1.54, 1.807) is 0 Å². The molecule has 19 nitrogen and oxygen atoms in total. The molecular weight excluding hydrogens is 1480 g/mol. The highest BCUT2D eigenvalue weighted by molar-refractivity contribution is 8.13. The van der Waals surface area contributed by atoms with Gasteiger partial charge in [0.25, 0.3) is 9.05 Å². The fraction of sp³-hybridized carbons (Fsp3) is 0.321. The molecule has 6 aliphatic rings. The Bertz CT molecular complexity index is 4400. The summed E-state index contributed by atoms with van der Waals surface area (Å²) in [7, 11) is 2.42. The van der Waals surface area contributed by atoms with Crippen molar-refractivity contribution in [3.63, 3.8) is 0 Å². The van der Waals surface area contributed by atoms with E-state index in [1.165, 1.54) is 36.4 Å². The Morgan fingerprint density at radius 1 is 0.413 bits per heavy atom. The van der Waals surface area contributed by atoms with Crippen LogP contribution in [-0.4, -0.2) is 133 Å². The maximum atomic E-state index is 15.0. The maximum Gasteiger partial charge on any atom is 0.643 e. The van der Waals surface area contributed by atoms with Crippen LogP contribution in [0.25, 0.3) is 0 Å². The molecule has 0 bridgehead atoms. The predicted octanol–water partition coefficient (Wildman–Crippen LogP) is 10.2. The molecule has 0 aromatic heterocycles. The van der Waals surface area contributed by atoms with E-state index in [0.29, 0.717) is 42.6 Å². The first-order chi connectivity index (χ1) is 42.5. The smallest absolute Gasteiger partial charge is 0.486 e. The van der Waals surface area contributed by atoms with Gasteiger partial charge in [0.15, 0.2) is 28.8 Å². The van der Waals surface area contributed by atoms with E-state index in [-0.39, 0.29) is 101 Å². The number of hydrogen-bond acceptors (Lipinski definition) is 16. The molecule has 6 aromatic rings. The molecule has 39 heteroatoms. The molecule has 504 valence electrons. The standard InChI is InChI=1S/C17H15F2NO6S2.2C9H9F2NO2S.C9H8F2.C8H7ClO4S.CH3ClO2S.Al.3ClH/c1-27(21,22)20-5-4-11-13(20)9-12(18)17(16(11)19)28(23,24)10-2-3-14-15(8-10)26-7-6-25-14;2*1-15(13,14)12-3-2-7-8(11)4-6(10)5-9(7)12;10-7-4-6-2-1-3-8(6)9(11)5-7;9-14(10,11)6-1-2-7-8(5-6)13-4-3-12-7;1-5(2,3)4;;;;/h2-3,8-9H,4-7H2,1H3;2*4-5H,2-3H2,1H3;4-5H,1-3H2;1-2,5H,3-4H2;1H3;;3*1H/q;;;;;;+3;;;/p-3. The fourth-order valence-corrected chi connectivity index (χ4v) is 14.6. The summed E-state index contributed by atoms with van der Waals surface area (Å²) in [5.74, 6) is -4.91. The van der Waals surface area contributed by atoms with Crippen molar-refractivity contribution in [2.75, 3.05) is 84.0 Å². The summed E-state index contributed by atoms with van der Waals surface area (Å²) in [5.41, 5.74) is 2.00. The average molecular weight is 1530 g/mol. The third-order valence-electron chi connectivity index (χ3n) is 13.2. The van der Waals surface area contributed by atoms with Gasteiger partial charge in [-0.2, -0.15) is 0 Å². The average Bonchev–Trinajstić information content (AvgIpc) is 1.36. The van der Waals surface area contributed by atoms with Gasteiger partial charge >= 0.3 is 11.4 Å². The summed E-state index contributed by atoms with van der Waals surface area (Å²) in [6.45, 7) is 1.68. The lowest BCUT2D eigenvalue weighted by atomic mass is 10.1. The van der Waals surface area contributed by atoms with Gasteiger partial charge in [0.1, 0.15) is 72.0 Å². The van der Waals surface area contributed by atoms with Gasteiger partial charge in [-0.15, -0.1) is 0 Å². The van der Waals surface area contributed by atoms with Gasteiger partial charge in [0.05, 0.1) is 51.9 Å². The van der Waals surface area contributed by atoms with Gasteiger partial charge in [-0.3, -0.25) is 12.9 Å². The molecule has 5 aliphatic heterocycles. The summed E-state index contributed by atoms with van der Waals surface area (Å²) in [6.07, 6.45) is 6.94. The largest absolute Gasteiger partial charge is 0.643 e. The second kappa shape index (κ2) is 30.8. The second-order valence-corrected chi connectivity index (χ2v) is 39.5. The molecule has 0 spiro atoms. The van der Waals surface area contributed by atoms with Crippen molar-refractivity contribution in [1.29, 1.82) is 0 Å². The van der Waals surface area contributed by atoms with Crippen molar-refractivity contribution >= 4 is 138 Å². The fourth-order valence-electron chi connectivity index (χ4n) is 9.59. The summed E-state index contributed by atoms with van der Waals surface area (Å²) < 4.78 is 267. The zero-order chi connectivity index (χ0) is 68.8. The van der Waals surface area contributed by atoms with Crippen molar-refractivity contribution in [2.24, 2.45) is 0 Å². The predicted molar refractivity (Wildman–Crippen MR) is 333 cm³/mol. The molecule has 0 atom stereocenters. The van der Waals surface area contributed by atoms with Crippen molar-refractivity contribution in [3.05, 3.63) is 153 Å². The minimum Gasteiger partial charge on any atom is -0.486 e. The first-order valence-electron chi connectivity index (χ1n) is 26.1. The topological polar surface area (TPSA) is 251 Å². The number of sulfone groups is 1. The zero-order valence-corrected chi connectivity index (χ0v) is 57.8. The van der Waals surface area contributed by atoms with E-state index in [1.807, 2.05) is 0 Å². The number of nitrogens with zero attached hydrogens (tertiary/aromatic N) is 3. The van der Waals surface area contributed by atoms with Crippen LogP contribution in [0.3, 0.4) is 0 Å². The number of anilines is 3. The lowest BCUT2D eigenvalue weighted by Crippen LogP contribution is -2.27. The van der Waals surface area contributed by atoms with E-state index in [4.69, 9.17) is 59.8 Å². The van der Waals surface area contributed by atoms with Crippen LogP contribution in [0.2, 0.25) is 0 Å². The van der Waals surface area contributed by atoms with Gasteiger partial charge in [-0.25, -0.2) is 116 Å². The minimum absolute atomic E-state index is 0.0171. The number of benzene rings is 6. The molecule has 5 heterocycles. The van der Waals surface area contributed by atoms with Crippen LogP contribution in [0.5, 0.6) is 23.0 Å². The van der Waals surface area contributed by atoms with Gasteiger partial charge in [-0.1, -0.05) is 0 Å². The third kappa shape index (κ3) is 20.3. The monoisotopic (exact) mass is 1530 g/mol. The number of sulfonamides is 3. The number of aryl methyl sites for hydroxylation is 1. The van der Waals surface area contributed by atoms with Crippen LogP contribution < -0.4 is 31.9 Å². The molecule has 92 heavy (non-hydrogen) atoms. The zero-order valence-electron chi connectivity index (χ0n) is 48.0. The summed E-state index contributed by atoms with van der Waals surface area (Å²) >= 11 is -1.72.